The van der Waals surface area contributed by atoms with E-state index in [0.717, 1.165) is 12.8 Å². The van der Waals surface area contributed by atoms with E-state index in [9.17, 15) is 0 Å². The van der Waals surface area contributed by atoms with Crippen LogP contribution >= 0.6 is 0 Å². The maximum Gasteiger partial charge on any atom is 0.0342 e. The van der Waals surface area contributed by atoms with Gasteiger partial charge in [-0.15, -0.1) is 0 Å². The normalized spacial score (nSPS) is 12.4. The molecule has 0 bridgehead atoms. The van der Waals surface area contributed by atoms with Crippen molar-refractivity contribution in [1.82, 2.24) is 0 Å². The van der Waals surface area contributed by atoms with Crippen molar-refractivity contribution in [3.63, 3.8) is 0 Å². The van der Waals surface area contributed by atoms with Crippen LogP contribution in [0.3, 0.4) is 0 Å². The molecule has 0 amide bonds. The molecule has 2 aromatic carbocycles. The standard InChI is InChI=1S/C19H25N/c1-4-18(14-16-8-6-5-7-9-16)20-19-12-10-17(11-13-19)15(2)3/h5-13,15,18,20H,4,14H2,1-3H3. The molecule has 0 saturated carbocycles. The molecule has 0 fully saturated rings. The van der Waals surface area contributed by atoms with Crippen molar-refractivity contribution in [3.8, 4) is 0 Å². The van der Waals surface area contributed by atoms with Crippen LogP contribution < -0.4 is 5.32 Å². The average molecular weight is 267 g/mol. The molecule has 106 valence electrons. The molecule has 2 aromatic rings. The van der Waals surface area contributed by atoms with Crippen molar-refractivity contribution < 1.29 is 0 Å². The molecule has 0 spiro atoms. The molecule has 1 nitrogen and oxygen atoms in total. The highest BCUT2D eigenvalue weighted by Gasteiger charge is 2.07. The van der Waals surface area contributed by atoms with Crippen molar-refractivity contribution in [1.29, 1.82) is 0 Å². The van der Waals surface area contributed by atoms with Crippen molar-refractivity contribution >= 4 is 5.69 Å². The smallest absolute Gasteiger partial charge is 0.0342 e. The molecule has 0 aliphatic rings. The van der Waals surface area contributed by atoms with Gasteiger partial charge in [0.2, 0.25) is 0 Å². The van der Waals surface area contributed by atoms with E-state index in [1.54, 1.807) is 0 Å². The van der Waals surface area contributed by atoms with Gasteiger partial charge >= 0.3 is 0 Å². The van der Waals surface area contributed by atoms with E-state index in [4.69, 9.17) is 0 Å². The first-order valence-electron chi connectivity index (χ1n) is 7.59. The Morgan fingerprint density at radius 3 is 2.10 bits per heavy atom. The van der Waals surface area contributed by atoms with E-state index < -0.39 is 0 Å². The van der Waals surface area contributed by atoms with Crippen LogP contribution in [0.25, 0.3) is 0 Å². The fraction of sp³-hybridized carbons (Fsp3) is 0.368. The van der Waals surface area contributed by atoms with E-state index in [1.165, 1.54) is 16.8 Å². The minimum Gasteiger partial charge on any atom is -0.382 e. The van der Waals surface area contributed by atoms with Crippen molar-refractivity contribution in [2.75, 3.05) is 5.32 Å². The largest absolute Gasteiger partial charge is 0.382 e. The summed E-state index contributed by atoms with van der Waals surface area (Å²) in [5.41, 5.74) is 4.01. The first-order chi connectivity index (χ1) is 9.69. The van der Waals surface area contributed by atoms with Crippen LogP contribution in [0.5, 0.6) is 0 Å². The number of benzene rings is 2. The molecule has 2 rings (SSSR count). The SMILES string of the molecule is CCC(Cc1ccccc1)Nc1ccc(C(C)C)cc1. The first kappa shape index (κ1) is 14.6. The summed E-state index contributed by atoms with van der Waals surface area (Å²) in [7, 11) is 0. The molecule has 0 aromatic heterocycles. The number of hydrogen-bond donors (Lipinski definition) is 1. The molecule has 0 aliphatic heterocycles. The Bertz CT molecular complexity index is 499. The molecule has 0 heterocycles. The van der Waals surface area contributed by atoms with E-state index in [1.807, 2.05) is 0 Å². The molecule has 20 heavy (non-hydrogen) atoms. The van der Waals surface area contributed by atoms with E-state index in [2.05, 4.69) is 80.7 Å². The lowest BCUT2D eigenvalue weighted by molar-refractivity contribution is 0.690. The summed E-state index contributed by atoms with van der Waals surface area (Å²) in [6.45, 7) is 6.70. The zero-order chi connectivity index (χ0) is 14.4. The van der Waals surface area contributed by atoms with Gasteiger partial charge in [-0.05, 0) is 42.0 Å². The van der Waals surface area contributed by atoms with Crippen molar-refractivity contribution in [3.05, 3.63) is 65.7 Å². The predicted molar refractivity (Wildman–Crippen MR) is 88.4 cm³/mol. The van der Waals surface area contributed by atoms with Crippen LogP contribution in [0.15, 0.2) is 54.6 Å². The summed E-state index contributed by atoms with van der Waals surface area (Å²) in [6, 6.07) is 20.0. The molecule has 1 atom stereocenters. The van der Waals surface area contributed by atoms with Gasteiger partial charge in [-0.25, -0.2) is 0 Å². The Kier molecular flexibility index (Phi) is 5.23. The predicted octanol–water partition coefficient (Wildman–Crippen LogP) is 5.24. The summed E-state index contributed by atoms with van der Waals surface area (Å²) >= 11 is 0. The Morgan fingerprint density at radius 1 is 0.900 bits per heavy atom. The summed E-state index contributed by atoms with van der Waals surface area (Å²) in [5.74, 6) is 0.593. The van der Waals surface area contributed by atoms with Crippen molar-refractivity contribution in [2.24, 2.45) is 0 Å². The molecule has 1 N–H and O–H groups in total. The Balaban J connectivity index is 1.99. The second kappa shape index (κ2) is 7.14. The van der Waals surface area contributed by atoms with Gasteiger partial charge in [0.15, 0.2) is 0 Å². The van der Waals surface area contributed by atoms with Gasteiger partial charge < -0.3 is 5.32 Å². The van der Waals surface area contributed by atoms with Crippen LogP contribution in [-0.2, 0) is 6.42 Å². The highest BCUT2D eigenvalue weighted by molar-refractivity contribution is 5.46. The van der Waals surface area contributed by atoms with Crippen LogP contribution in [0.1, 0.15) is 44.2 Å². The highest BCUT2D eigenvalue weighted by Crippen LogP contribution is 2.19. The van der Waals surface area contributed by atoms with Crippen LogP contribution in [0.2, 0.25) is 0 Å². The molecule has 0 saturated heterocycles. The third-order valence-electron chi connectivity index (χ3n) is 3.77. The Morgan fingerprint density at radius 2 is 1.55 bits per heavy atom. The molecule has 0 radical (unpaired) electrons. The van der Waals surface area contributed by atoms with E-state index in [-0.39, 0.29) is 0 Å². The monoisotopic (exact) mass is 267 g/mol. The third kappa shape index (κ3) is 4.12. The Labute approximate surface area is 123 Å². The van der Waals surface area contributed by atoms with Crippen molar-refractivity contribution in [2.45, 2.75) is 45.6 Å². The number of anilines is 1. The lowest BCUT2D eigenvalue weighted by Gasteiger charge is -2.19. The summed E-state index contributed by atoms with van der Waals surface area (Å²) < 4.78 is 0. The van der Waals surface area contributed by atoms with Gasteiger partial charge in [-0.1, -0.05) is 63.2 Å². The fourth-order valence-corrected chi connectivity index (χ4v) is 2.40. The molecule has 1 unspecified atom stereocenters. The van der Waals surface area contributed by atoms with Gasteiger partial charge in [0.1, 0.15) is 0 Å². The highest BCUT2D eigenvalue weighted by atomic mass is 14.9. The minimum absolute atomic E-state index is 0.488. The van der Waals surface area contributed by atoms with Gasteiger partial charge in [-0.3, -0.25) is 0 Å². The fourth-order valence-electron chi connectivity index (χ4n) is 2.40. The van der Waals surface area contributed by atoms with E-state index >= 15 is 0 Å². The summed E-state index contributed by atoms with van der Waals surface area (Å²) in [6.07, 6.45) is 2.20. The third-order valence-corrected chi connectivity index (χ3v) is 3.77. The lowest BCUT2D eigenvalue weighted by Crippen LogP contribution is -2.21. The number of hydrogen-bond acceptors (Lipinski definition) is 1. The number of rotatable bonds is 6. The van der Waals surface area contributed by atoms with Crippen LogP contribution in [0.4, 0.5) is 5.69 Å². The quantitative estimate of drug-likeness (QED) is 0.754. The first-order valence-corrected chi connectivity index (χ1v) is 7.59. The molecule has 0 aliphatic carbocycles. The summed E-state index contributed by atoms with van der Waals surface area (Å²) in [5, 5.41) is 3.64. The molecular weight excluding hydrogens is 242 g/mol. The Hall–Kier alpha value is -1.76. The zero-order valence-corrected chi connectivity index (χ0v) is 12.8. The lowest BCUT2D eigenvalue weighted by atomic mass is 10.0. The van der Waals surface area contributed by atoms with Gasteiger partial charge in [0.25, 0.3) is 0 Å². The minimum atomic E-state index is 0.488. The van der Waals surface area contributed by atoms with E-state index in [0.29, 0.717) is 12.0 Å². The second-order valence-corrected chi connectivity index (χ2v) is 5.72. The van der Waals surface area contributed by atoms with Gasteiger partial charge in [0.05, 0.1) is 0 Å². The maximum absolute atomic E-state index is 3.64. The topological polar surface area (TPSA) is 12.0 Å². The zero-order valence-electron chi connectivity index (χ0n) is 12.8. The van der Waals surface area contributed by atoms with Gasteiger partial charge in [-0.2, -0.15) is 0 Å². The van der Waals surface area contributed by atoms with Gasteiger partial charge in [0, 0.05) is 11.7 Å². The average Bonchev–Trinajstić information content (AvgIpc) is 2.48. The van der Waals surface area contributed by atoms with Crippen LogP contribution in [0, 0.1) is 0 Å². The maximum atomic E-state index is 3.64. The molecular formula is C19H25N. The summed E-state index contributed by atoms with van der Waals surface area (Å²) in [4.78, 5) is 0. The molecule has 1 heteroatoms. The number of nitrogens with one attached hydrogen (secondary N) is 1. The second-order valence-electron chi connectivity index (χ2n) is 5.72. The van der Waals surface area contributed by atoms with Crippen LogP contribution in [-0.4, -0.2) is 6.04 Å².